The van der Waals surface area contributed by atoms with E-state index in [4.69, 9.17) is 0 Å². The third kappa shape index (κ3) is 5.98. The Labute approximate surface area is 148 Å². The van der Waals surface area contributed by atoms with Gasteiger partial charge in [0.1, 0.15) is 0 Å². The molecule has 0 aromatic carbocycles. The van der Waals surface area contributed by atoms with Gasteiger partial charge in [0.15, 0.2) is 0 Å². The molecule has 0 atom stereocenters. The Morgan fingerprint density at radius 2 is 1.29 bits per heavy atom. The van der Waals surface area contributed by atoms with Gasteiger partial charge in [-0.25, -0.2) is 0 Å². The molecule has 0 amide bonds. The highest BCUT2D eigenvalue weighted by Gasteiger charge is 2.81. The Morgan fingerprint density at radius 1 is 0.792 bits per heavy atom. The van der Waals surface area contributed by atoms with Crippen LogP contribution in [-0.2, 0) is 0 Å². The van der Waals surface area contributed by atoms with E-state index in [1.807, 2.05) is 6.92 Å². The van der Waals surface area contributed by atoms with Crippen LogP contribution < -0.4 is 0 Å². The lowest BCUT2D eigenvalue weighted by Crippen LogP contribution is -2.60. The summed E-state index contributed by atoms with van der Waals surface area (Å²) >= 11 is 1.25. The maximum Gasteiger partial charge on any atom is 0.460 e. The number of hydrogen-bond donors (Lipinski definition) is 0. The lowest BCUT2D eigenvalue weighted by molar-refractivity contribution is -0.395. The summed E-state index contributed by atoms with van der Waals surface area (Å²) in [6.45, 7) is 1.99. The van der Waals surface area contributed by atoms with Crippen LogP contribution in [-0.4, -0.2) is 23.9 Å². The standard InChI is InChI=1S/C14H18F9I/c1-2-3-4-5-6-7-8-10(24)9-11(15,16)12(17,18)13(19,20)14(21,22)23/h8H,2-7,9H2,1H3/b10-8-. The zero-order chi connectivity index (χ0) is 19.2. The van der Waals surface area contributed by atoms with Crippen molar-refractivity contribution in [2.75, 3.05) is 0 Å². The van der Waals surface area contributed by atoms with Crippen molar-refractivity contribution in [2.24, 2.45) is 0 Å². The van der Waals surface area contributed by atoms with Crippen LogP contribution in [0.2, 0.25) is 0 Å². The van der Waals surface area contributed by atoms with Crippen LogP contribution in [0, 0.1) is 0 Å². The molecule has 0 saturated carbocycles. The Kier molecular flexibility index (Phi) is 8.92. The van der Waals surface area contributed by atoms with E-state index < -0.39 is 30.4 Å². The molecule has 0 radical (unpaired) electrons. The molecule has 0 aliphatic heterocycles. The zero-order valence-corrected chi connectivity index (χ0v) is 15.0. The first kappa shape index (κ1) is 23.8. The van der Waals surface area contributed by atoms with Crippen LogP contribution in [0.3, 0.4) is 0 Å². The molecule has 0 N–H and O–H groups in total. The molecule has 24 heavy (non-hydrogen) atoms. The summed E-state index contributed by atoms with van der Waals surface area (Å²) in [5, 5.41) is 0. The second-order valence-electron chi connectivity index (χ2n) is 5.38. The maximum absolute atomic E-state index is 13.4. The SMILES string of the molecule is CCCCCCC/C=C(\I)CC(F)(F)C(F)(F)C(F)(F)C(F)(F)F. The second-order valence-corrected chi connectivity index (χ2v) is 6.77. The molecular weight excluding hydrogens is 466 g/mol. The minimum atomic E-state index is -6.82. The van der Waals surface area contributed by atoms with Gasteiger partial charge in [-0.15, -0.1) is 0 Å². The highest BCUT2D eigenvalue weighted by molar-refractivity contribution is 14.1. The van der Waals surface area contributed by atoms with Crippen molar-refractivity contribution in [2.45, 2.75) is 75.8 Å². The predicted molar refractivity (Wildman–Crippen MR) is 81.0 cm³/mol. The molecule has 0 fully saturated rings. The van der Waals surface area contributed by atoms with Crippen LogP contribution in [0.15, 0.2) is 9.66 Å². The van der Waals surface area contributed by atoms with Gasteiger partial charge >= 0.3 is 23.9 Å². The van der Waals surface area contributed by atoms with Crippen LogP contribution in [0.1, 0.15) is 51.9 Å². The summed E-state index contributed by atoms with van der Waals surface area (Å²) in [7, 11) is 0. The lowest BCUT2D eigenvalue weighted by atomic mass is 10.0. The number of unbranched alkanes of at least 4 members (excludes halogenated alkanes) is 5. The molecule has 0 aromatic heterocycles. The van der Waals surface area contributed by atoms with E-state index in [2.05, 4.69) is 0 Å². The van der Waals surface area contributed by atoms with Gasteiger partial charge in [-0.2, -0.15) is 39.5 Å². The molecule has 0 saturated heterocycles. The Bertz CT molecular complexity index is 413. The van der Waals surface area contributed by atoms with Crippen molar-refractivity contribution in [1.29, 1.82) is 0 Å². The average Bonchev–Trinajstić information content (AvgIpc) is 2.40. The summed E-state index contributed by atoms with van der Waals surface area (Å²) in [5.41, 5.74) is 0. The van der Waals surface area contributed by atoms with Crippen molar-refractivity contribution in [3.8, 4) is 0 Å². The van der Waals surface area contributed by atoms with Crippen molar-refractivity contribution < 1.29 is 39.5 Å². The van der Waals surface area contributed by atoms with Crippen LogP contribution in [0.4, 0.5) is 39.5 Å². The van der Waals surface area contributed by atoms with Crippen LogP contribution in [0.25, 0.3) is 0 Å². The first-order valence-electron chi connectivity index (χ1n) is 7.25. The number of alkyl halides is 9. The third-order valence-electron chi connectivity index (χ3n) is 3.27. The summed E-state index contributed by atoms with van der Waals surface area (Å²) in [6, 6.07) is 0. The maximum atomic E-state index is 13.4. The summed E-state index contributed by atoms with van der Waals surface area (Å²) in [4.78, 5) is 0. The Balaban J connectivity index is 4.87. The van der Waals surface area contributed by atoms with Gasteiger partial charge in [0.05, 0.1) is 0 Å². The fourth-order valence-corrected chi connectivity index (χ4v) is 2.60. The van der Waals surface area contributed by atoms with E-state index in [-0.39, 0.29) is 10.0 Å². The van der Waals surface area contributed by atoms with Crippen molar-refractivity contribution in [3.05, 3.63) is 9.66 Å². The second kappa shape index (κ2) is 8.98. The minimum absolute atomic E-state index is 0.263. The summed E-state index contributed by atoms with van der Waals surface area (Å²) in [6.07, 6.45) is -2.97. The number of allylic oxidation sites excluding steroid dienone is 2. The number of rotatable bonds is 10. The topological polar surface area (TPSA) is 0 Å². The fourth-order valence-electron chi connectivity index (χ4n) is 1.81. The van der Waals surface area contributed by atoms with Gasteiger partial charge < -0.3 is 0 Å². The first-order chi connectivity index (χ1) is 10.7. The van der Waals surface area contributed by atoms with Gasteiger partial charge in [0.25, 0.3) is 0 Å². The molecule has 10 heteroatoms. The highest BCUT2D eigenvalue weighted by Crippen LogP contribution is 2.54. The van der Waals surface area contributed by atoms with Crippen LogP contribution >= 0.6 is 22.6 Å². The number of halogens is 10. The molecule has 0 aliphatic rings. The molecule has 0 unspecified atom stereocenters. The molecule has 0 spiro atoms. The summed E-state index contributed by atoms with van der Waals surface area (Å²) in [5.74, 6) is -18.9. The highest BCUT2D eigenvalue weighted by atomic mass is 127. The van der Waals surface area contributed by atoms with E-state index >= 15 is 0 Å². The number of hydrogen-bond acceptors (Lipinski definition) is 0. The monoisotopic (exact) mass is 484 g/mol. The fraction of sp³-hybridized carbons (Fsp3) is 0.857. The molecule has 144 valence electrons. The van der Waals surface area contributed by atoms with Gasteiger partial charge in [0.2, 0.25) is 0 Å². The van der Waals surface area contributed by atoms with Crippen molar-refractivity contribution in [1.82, 2.24) is 0 Å². The van der Waals surface area contributed by atoms with Gasteiger partial charge in [0, 0.05) is 6.42 Å². The summed E-state index contributed by atoms with van der Waals surface area (Å²) < 4.78 is 114. The molecule has 0 aliphatic carbocycles. The Hall–Kier alpha value is -0.160. The van der Waals surface area contributed by atoms with E-state index in [1.165, 1.54) is 22.6 Å². The Morgan fingerprint density at radius 3 is 1.75 bits per heavy atom. The molecular formula is C14H18F9I. The largest absolute Gasteiger partial charge is 0.460 e. The van der Waals surface area contributed by atoms with Crippen molar-refractivity contribution >= 4 is 22.6 Å². The van der Waals surface area contributed by atoms with E-state index in [0.29, 0.717) is 6.42 Å². The molecule has 0 nitrogen and oxygen atoms in total. The van der Waals surface area contributed by atoms with Gasteiger partial charge in [-0.1, -0.05) is 38.7 Å². The molecule has 0 bridgehead atoms. The van der Waals surface area contributed by atoms with Gasteiger partial charge in [-0.05, 0) is 39.0 Å². The molecule has 0 aromatic rings. The minimum Gasteiger partial charge on any atom is -0.199 e. The van der Waals surface area contributed by atoms with E-state index in [1.54, 1.807) is 0 Å². The average molecular weight is 484 g/mol. The first-order valence-corrected chi connectivity index (χ1v) is 8.33. The smallest absolute Gasteiger partial charge is 0.199 e. The van der Waals surface area contributed by atoms with E-state index in [0.717, 1.165) is 31.8 Å². The zero-order valence-electron chi connectivity index (χ0n) is 12.8. The van der Waals surface area contributed by atoms with E-state index in [9.17, 15) is 39.5 Å². The third-order valence-corrected chi connectivity index (χ3v) is 4.10. The van der Waals surface area contributed by atoms with Gasteiger partial charge in [-0.3, -0.25) is 0 Å². The normalized spacial score (nSPS) is 15.0. The van der Waals surface area contributed by atoms with Crippen LogP contribution in [0.5, 0.6) is 0 Å². The lowest BCUT2D eigenvalue weighted by Gasteiger charge is -2.33. The molecule has 0 rings (SSSR count). The van der Waals surface area contributed by atoms with Crippen molar-refractivity contribution in [3.63, 3.8) is 0 Å². The molecule has 0 heterocycles. The predicted octanol–water partition coefficient (Wildman–Crippen LogP) is 7.52. The quantitative estimate of drug-likeness (QED) is 0.171.